The Morgan fingerprint density at radius 3 is 2.69 bits per heavy atom. The Kier molecular flexibility index (Phi) is 6.30. The maximum absolute atomic E-state index is 4.69. The highest BCUT2D eigenvalue weighted by molar-refractivity contribution is 5.79. The first-order valence-electron chi connectivity index (χ1n) is 9.32. The number of para-hydroxylation sites is 2. The highest BCUT2D eigenvalue weighted by Gasteiger charge is 2.05. The Bertz CT molecular complexity index is 831. The number of hydrogen-bond acceptors (Lipinski definition) is 2. The molecule has 0 amide bonds. The van der Waals surface area contributed by atoms with Gasteiger partial charge in [-0.1, -0.05) is 12.1 Å². The van der Waals surface area contributed by atoms with Crippen molar-refractivity contribution in [2.75, 3.05) is 19.6 Å². The summed E-state index contributed by atoms with van der Waals surface area (Å²) in [4.78, 5) is 9.31. The Morgan fingerprint density at radius 2 is 1.88 bits per heavy atom. The van der Waals surface area contributed by atoms with Crippen LogP contribution in [0.2, 0.25) is 0 Å². The zero-order chi connectivity index (χ0) is 18.2. The lowest BCUT2D eigenvalue weighted by Gasteiger charge is -2.12. The molecule has 0 saturated heterocycles. The fourth-order valence-electron chi connectivity index (χ4n) is 3.06. The van der Waals surface area contributed by atoms with Crippen LogP contribution in [0, 0.1) is 6.92 Å². The predicted molar refractivity (Wildman–Crippen MR) is 108 cm³/mol. The number of nitrogens with zero attached hydrogens (tertiary/aromatic N) is 4. The number of guanidine groups is 1. The number of aliphatic imine (C=N–C) groups is 1. The molecule has 6 nitrogen and oxygen atoms in total. The number of hydrogen-bond donors (Lipinski definition) is 2. The Balaban J connectivity index is 1.50. The van der Waals surface area contributed by atoms with Gasteiger partial charge in [-0.05, 0) is 44.5 Å². The summed E-state index contributed by atoms with van der Waals surface area (Å²) in [6.07, 6.45) is 5.13. The van der Waals surface area contributed by atoms with E-state index in [0.29, 0.717) is 0 Å². The molecule has 2 aromatic heterocycles. The van der Waals surface area contributed by atoms with Crippen molar-refractivity contribution < 1.29 is 0 Å². The molecule has 0 unspecified atom stereocenters. The highest BCUT2D eigenvalue weighted by Crippen LogP contribution is 2.15. The van der Waals surface area contributed by atoms with E-state index in [-0.39, 0.29) is 0 Å². The van der Waals surface area contributed by atoms with Gasteiger partial charge in [0, 0.05) is 45.1 Å². The maximum Gasteiger partial charge on any atom is 0.191 e. The maximum atomic E-state index is 4.69. The summed E-state index contributed by atoms with van der Waals surface area (Å²) >= 11 is 0. The largest absolute Gasteiger partial charge is 0.357 e. The number of benzene rings is 1. The average Bonchev–Trinajstić information content (AvgIpc) is 3.26. The van der Waals surface area contributed by atoms with Crippen molar-refractivity contribution in [2.24, 2.45) is 4.99 Å². The molecule has 2 N–H and O–H groups in total. The summed E-state index contributed by atoms with van der Waals surface area (Å²) in [6, 6.07) is 12.4. The summed E-state index contributed by atoms with van der Waals surface area (Å²) in [7, 11) is 0. The number of aromatic nitrogens is 3. The molecule has 6 heteroatoms. The lowest BCUT2D eigenvalue weighted by atomic mass is 10.3. The third kappa shape index (κ3) is 4.65. The normalized spacial score (nSPS) is 11.8. The Labute approximate surface area is 155 Å². The van der Waals surface area contributed by atoms with Gasteiger partial charge in [-0.3, -0.25) is 4.99 Å². The average molecular weight is 352 g/mol. The van der Waals surface area contributed by atoms with Crippen LogP contribution >= 0.6 is 0 Å². The Morgan fingerprint density at radius 1 is 1.08 bits per heavy atom. The summed E-state index contributed by atoms with van der Waals surface area (Å²) in [6.45, 7) is 8.51. The van der Waals surface area contributed by atoms with Gasteiger partial charge in [0.25, 0.3) is 0 Å². The second-order valence-corrected chi connectivity index (χ2v) is 6.26. The zero-order valence-electron chi connectivity index (χ0n) is 15.7. The van der Waals surface area contributed by atoms with E-state index in [0.717, 1.165) is 56.4 Å². The van der Waals surface area contributed by atoms with Crippen LogP contribution in [0.5, 0.6) is 0 Å². The molecule has 0 spiro atoms. The van der Waals surface area contributed by atoms with Crippen LogP contribution in [0.15, 0.2) is 53.8 Å². The minimum Gasteiger partial charge on any atom is -0.357 e. The highest BCUT2D eigenvalue weighted by atomic mass is 15.2. The van der Waals surface area contributed by atoms with Crippen LogP contribution in [0.3, 0.4) is 0 Å². The van der Waals surface area contributed by atoms with Crippen LogP contribution < -0.4 is 10.6 Å². The van der Waals surface area contributed by atoms with Gasteiger partial charge < -0.3 is 19.8 Å². The van der Waals surface area contributed by atoms with Gasteiger partial charge in [0.2, 0.25) is 0 Å². The zero-order valence-corrected chi connectivity index (χ0v) is 15.7. The minimum absolute atomic E-state index is 0.783. The van der Waals surface area contributed by atoms with Crippen LogP contribution in [0.4, 0.5) is 0 Å². The van der Waals surface area contributed by atoms with Gasteiger partial charge in [0.05, 0.1) is 11.0 Å². The van der Waals surface area contributed by atoms with E-state index in [2.05, 4.69) is 69.2 Å². The van der Waals surface area contributed by atoms with Crippen LogP contribution in [-0.2, 0) is 13.1 Å². The molecule has 0 aliphatic rings. The Hall–Kier alpha value is -2.76. The fraction of sp³-hybridized carbons (Fsp3) is 0.400. The van der Waals surface area contributed by atoms with Crippen molar-refractivity contribution in [3.63, 3.8) is 0 Å². The van der Waals surface area contributed by atoms with E-state index in [4.69, 9.17) is 4.99 Å². The molecule has 0 atom stereocenters. The van der Waals surface area contributed by atoms with Crippen molar-refractivity contribution in [3.8, 4) is 0 Å². The number of aryl methyl sites for hydroxylation is 2. The van der Waals surface area contributed by atoms with Crippen molar-refractivity contribution in [3.05, 3.63) is 54.6 Å². The van der Waals surface area contributed by atoms with Gasteiger partial charge in [-0.25, -0.2) is 4.98 Å². The first-order valence-corrected chi connectivity index (χ1v) is 9.32. The molecule has 0 aliphatic heterocycles. The molecule has 138 valence electrons. The van der Waals surface area contributed by atoms with Gasteiger partial charge in [0.15, 0.2) is 5.96 Å². The van der Waals surface area contributed by atoms with Crippen molar-refractivity contribution in [1.29, 1.82) is 0 Å². The smallest absolute Gasteiger partial charge is 0.191 e. The molecule has 1 aromatic carbocycles. The number of fused-ring (bicyclic) bond motifs is 1. The number of imidazole rings is 1. The second-order valence-electron chi connectivity index (χ2n) is 6.26. The monoisotopic (exact) mass is 352 g/mol. The summed E-state index contributed by atoms with van der Waals surface area (Å²) < 4.78 is 4.43. The molecular weight excluding hydrogens is 324 g/mol. The van der Waals surface area contributed by atoms with E-state index in [1.165, 1.54) is 5.52 Å². The molecule has 26 heavy (non-hydrogen) atoms. The molecule has 0 radical (unpaired) electrons. The van der Waals surface area contributed by atoms with E-state index in [9.17, 15) is 0 Å². The first kappa shape index (κ1) is 18.0. The number of rotatable bonds is 8. The van der Waals surface area contributed by atoms with Crippen LogP contribution in [0.1, 0.15) is 19.2 Å². The van der Waals surface area contributed by atoms with Crippen molar-refractivity contribution >= 4 is 17.0 Å². The molecule has 0 aliphatic carbocycles. The molecule has 0 fully saturated rings. The van der Waals surface area contributed by atoms with E-state index >= 15 is 0 Å². The lowest BCUT2D eigenvalue weighted by molar-refractivity contribution is 0.640. The standard InChI is InChI=1S/C20H28N6/c1-3-21-20(23-12-16-25-13-6-7-14-25)22-11-8-15-26-17(2)24-18-9-4-5-10-19(18)26/h4-7,9-10,13-14H,3,8,11-12,15-16H2,1-2H3,(H2,21,22,23). The SMILES string of the molecule is CCNC(=NCCCn1c(C)nc2ccccc21)NCCn1cccc1. The van der Waals surface area contributed by atoms with Gasteiger partial charge in [-0.15, -0.1) is 0 Å². The van der Waals surface area contributed by atoms with E-state index in [1.807, 2.05) is 18.2 Å². The third-order valence-corrected chi connectivity index (χ3v) is 4.33. The molecule has 2 heterocycles. The summed E-state index contributed by atoms with van der Waals surface area (Å²) in [5.41, 5.74) is 2.26. The lowest BCUT2D eigenvalue weighted by Crippen LogP contribution is -2.38. The predicted octanol–water partition coefficient (Wildman–Crippen LogP) is 2.79. The molecule has 0 saturated carbocycles. The van der Waals surface area contributed by atoms with Crippen molar-refractivity contribution in [2.45, 2.75) is 33.4 Å². The molecular formula is C20H28N6. The second kappa shape index (κ2) is 9.08. The van der Waals surface area contributed by atoms with Crippen molar-refractivity contribution in [1.82, 2.24) is 24.8 Å². The van der Waals surface area contributed by atoms with Gasteiger partial charge in [-0.2, -0.15) is 0 Å². The minimum atomic E-state index is 0.783. The first-order chi connectivity index (χ1) is 12.8. The topological polar surface area (TPSA) is 59.2 Å². The van der Waals surface area contributed by atoms with E-state index < -0.39 is 0 Å². The summed E-state index contributed by atoms with van der Waals surface area (Å²) in [5.74, 6) is 1.94. The van der Waals surface area contributed by atoms with Gasteiger partial charge in [0.1, 0.15) is 5.82 Å². The molecule has 0 bridgehead atoms. The van der Waals surface area contributed by atoms with Crippen LogP contribution in [0.25, 0.3) is 11.0 Å². The third-order valence-electron chi connectivity index (χ3n) is 4.33. The quantitative estimate of drug-likeness (QED) is 0.372. The fourth-order valence-corrected chi connectivity index (χ4v) is 3.06. The van der Waals surface area contributed by atoms with E-state index in [1.54, 1.807) is 0 Å². The number of nitrogens with one attached hydrogen (secondary N) is 2. The molecule has 3 aromatic rings. The summed E-state index contributed by atoms with van der Waals surface area (Å²) in [5, 5.41) is 6.70. The molecule has 3 rings (SSSR count). The van der Waals surface area contributed by atoms with Gasteiger partial charge >= 0.3 is 0 Å². The van der Waals surface area contributed by atoms with Crippen LogP contribution in [-0.4, -0.2) is 39.7 Å².